The maximum atomic E-state index is 13.0. The van der Waals surface area contributed by atoms with Gasteiger partial charge in [0.15, 0.2) is 0 Å². The quantitative estimate of drug-likeness (QED) is 0.606. The molecule has 0 spiro atoms. The Kier molecular flexibility index (Phi) is 8.31. The van der Waals surface area contributed by atoms with Crippen molar-refractivity contribution in [2.24, 2.45) is 5.92 Å². The molecule has 2 fully saturated rings. The molecule has 2 heterocycles. The molecule has 0 bridgehead atoms. The number of rotatable bonds is 9. The van der Waals surface area contributed by atoms with Crippen LogP contribution in [-0.4, -0.2) is 72.7 Å². The zero-order valence-electron chi connectivity index (χ0n) is 19.1. The lowest BCUT2D eigenvalue weighted by atomic mass is 9.83. The lowest BCUT2D eigenvalue weighted by molar-refractivity contribution is -0.0254. The largest absolute Gasteiger partial charge is 0.382 e. The molecule has 0 radical (unpaired) electrons. The highest BCUT2D eigenvalue weighted by atomic mass is 16.5. The molecule has 1 saturated carbocycles. The van der Waals surface area contributed by atoms with E-state index in [9.17, 15) is 4.79 Å². The van der Waals surface area contributed by atoms with Crippen LogP contribution >= 0.6 is 0 Å². The molecular weight excluding hydrogens is 404 g/mol. The van der Waals surface area contributed by atoms with Crippen LogP contribution in [0.25, 0.3) is 5.69 Å². The number of nitrogens with zero attached hydrogens (tertiary/aromatic N) is 3. The predicted molar refractivity (Wildman–Crippen MR) is 124 cm³/mol. The number of likely N-dealkylation sites (tertiary alicyclic amines) is 1. The Labute approximate surface area is 191 Å². The molecule has 1 aliphatic carbocycles. The van der Waals surface area contributed by atoms with Crippen molar-refractivity contribution >= 4 is 5.91 Å². The number of nitrogens with one attached hydrogen (secondary N) is 1. The number of hydrogen-bond acceptors (Lipinski definition) is 5. The summed E-state index contributed by atoms with van der Waals surface area (Å²) in [5.41, 5.74) is 1.66. The van der Waals surface area contributed by atoms with E-state index < -0.39 is 0 Å². The van der Waals surface area contributed by atoms with Crippen molar-refractivity contribution in [3.63, 3.8) is 0 Å². The molecule has 1 aromatic heterocycles. The Morgan fingerprint density at radius 3 is 2.75 bits per heavy atom. The summed E-state index contributed by atoms with van der Waals surface area (Å²) in [5.74, 6) is 0.516. The number of piperidine rings is 1. The standard InChI is InChI=1S/C25H36N4O3/c1-31-16-17-32-23-7-4-14-28(19-23)18-21-6-2-3-8-24(21)27-25(30)20-9-11-22(12-10-20)29-15-5-13-26-29/h5,9-13,15,21,23-24H,2-4,6-8,14,16-19H2,1H3,(H,27,30)/t21-,23?,24+/m1/s1. The minimum Gasteiger partial charge on any atom is -0.382 e. The van der Waals surface area contributed by atoms with Crippen LogP contribution in [0.5, 0.6) is 0 Å². The summed E-state index contributed by atoms with van der Waals surface area (Å²) >= 11 is 0. The van der Waals surface area contributed by atoms with Crippen LogP contribution in [0.3, 0.4) is 0 Å². The van der Waals surface area contributed by atoms with Gasteiger partial charge in [-0.3, -0.25) is 4.79 Å². The highest BCUT2D eigenvalue weighted by molar-refractivity contribution is 5.94. The molecule has 1 unspecified atom stereocenters. The normalized spacial score (nSPS) is 24.3. The molecule has 174 valence electrons. The van der Waals surface area contributed by atoms with E-state index in [1.165, 1.54) is 25.7 Å². The van der Waals surface area contributed by atoms with E-state index in [-0.39, 0.29) is 11.9 Å². The number of amides is 1. The first-order valence-corrected chi connectivity index (χ1v) is 12.0. The molecule has 4 rings (SSSR count). The number of methoxy groups -OCH3 is 1. The molecule has 32 heavy (non-hydrogen) atoms. The summed E-state index contributed by atoms with van der Waals surface area (Å²) in [6.07, 6.45) is 10.9. The van der Waals surface area contributed by atoms with Gasteiger partial charge in [-0.05, 0) is 68.5 Å². The number of hydrogen-bond donors (Lipinski definition) is 1. The highest BCUT2D eigenvalue weighted by Crippen LogP contribution is 2.27. The van der Waals surface area contributed by atoms with Gasteiger partial charge in [0, 0.05) is 44.2 Å². The van der Waals surface area contributed by atoms with E-state index in [0.717, 1.165) is 38.2 Å². The van der Waals surface area contributed by atoms with Crippen molar-refractivity contribution in [3.05, 3.63) is 48.3 Å². The van der Waals surface area contributed by atoms with E-state index in [1.54, 1.807) is 18.0 Å². The first-order valence-electron chi connectivity index (χ1n) is 12.0. The van der Waals surface area contributed by atoms with Crippen molar-refractivity contribution in [2.75, 3.05) is 40.0 Å². The van der Waals surface area contributed by atoms with Crippen LogP contribution in [-0.2, 0) is 9.47 Å². The molecule has 2 aromatic rings. The molecule has 3 atom stereocenters. The van der Waals surface area contributed by atoms with E-state index in [1.807, 2.05) is 36.5 Å². The maximum Gasteiger partial charge on any atom is 0.251 e. The zero-order valence-corrected chi connectivity index (χ0v) is 19.1. The zero-order chi connectivity index (χ0) is 22.2. The fraction of sp³-hybridized carbons (Fsp3) is 0.600. The molecule has 1 aliphatic heterocycles. The van der Waals surface area contributed by atoms with Crippen molar-refractivity contribution in [1.82, 2.24) is 20.0 Å². The molecule has 2 aliphatic rings. The third-order valence-corrected chi connectivity index (χ3v) is 6.72. The molecule has 1 saturated heterocycles. The Balaban J connectivity index is 1.31. The summed E-state index contributed by atoms with van der Waals surface area (Å²) in [6.45, 7) is 4.45. The third-order valence-electron chi connectivity index (χ3n) is 6.72. The lowest BCUT2D eigenvalue weighted by Gasteiger charge is -2.39. The summed E-state index contributed by atoms with van der Waals surface area (Å²) < 4.78 is 12.9. The molecular formula is C25H36N4O3. The highest BCUT2D eigenvalue weighted by Gasteiger charge is 2.30. The van der Waals surface area contributed by atoms with Gasteiger partial charge in [0.1, 0.15) is 0 Å². The van der Waals surface area contributed by atoms with Gasteiger partial charge >= 0.3 is 0 Å². The van der Waals surface area contributed by atoms with Gasteiger partial charge in [-0.2, -0.15) is 5.10 Å². The van der Waals surface area contributed by atoms with Crippen molar-refractivity contribution in [2.45, 2.75) is 50.7 Å². The van der Waals surface area contributed by atoms with Crippen molar-refractivity contribution in [3.8, 4) is 5.69 Å². The minimum absolute atomic E-state index is 0.0216. The predicted octanol–water partition coefficient (Wildman–Crippen LogP) is 3.29. The summed E-state index contributed by atoms with van der Waals surface area (Å²) in [4.78, 5) is 15.5. The number of carbonyl (C=O) groups is 1. The van der Waals surface area contributed by atoms with Gasteiger partial charge in [0.2, 0.25) is 0 Å². The minimum atomic E-state index is 0.0216. The van der Waals surface area contributed by atoms with Gasteiger partial charge in [-0.1, -0.05) is 12.8 Å². The van der Waals surface area contributed by atoms with Gasteiger partial charge < -0.3 is 19.7 Å². The first-order chi connectivity index (χ1) is 15.7. The molecule has 7 heteroatoms. The molecule has 1 amide bonds. The first kappa shape index (κ1) is 23.0. The maximum absolute atomic E-state index is 13.0. The Bertz CT molecular complexity index is 824. The monoisotopic (exact) mass is 440 g/mol. The molecule has 1 aromatic carbocycles. The molecule has 7 nitrogen and oxygen atoms in total. The summed E-state index contributed by atoms with van der Waals surface area (Å²) in [7, 11) is 1.71. The fourth-order valence-electron chi connectivity index (χ4n) is 5.00. The van der Waals surface area contributed by atoms with Crippen LogP contribution in [0, 0.1) is 5.92 Å². The number of carbonyl (C=O) groups excluding carboxylic acids is 1. The van der Waals surface area contributed by atoms with E-state index in [2.05, 4.69) is 15.3 Å². The second-order valence-corrected chi connectivity index (χ2v) is 9.01. The van der Waals surface area contributed by atoms with Gasteiger partial charge in [0.05, 0.1) is 25.0 Å². The van der Waals surface area contributed by atoms with Crippen LogP contribution in [0.4, 0.5) is 0 Å². The van der Waals surface area contributed by atoms with E-state index in [0.29, 0.717) is 30.8 Å². The second-order valence-electron chi connectivity index (χ2n) is 9.01. The SMILES string of the molecule is COCCOC1CCCN(C[C@H]2CCCC[C@@H]2NC(=O)c2ccc(-n3cccn3)cc2)C1. The Morgan fingerprint density at radius 2 is 1.97 bits per heavy atom. The smallest absolute Gasteiger partial charge is 0.251 e. The Hall–Kier alpha value is -2.22. The van der Waals surface area contributed by atoms with Crippen LogP contribution in [0.2, 0.25) is 0 Å². The Morgan fingerprint density at radius 1 is 1.12 bits per heavy atom. The average molecular weight is 441 g/mol. The number of aromatic nitrogens is 2. The van der Waals surface area contributed by atoms with Crippen molar-refractivity contribution in [1.29, 1.82) is 0 Å². The van der Waals surface area contributed by atoms with Crippen LogP contribution < -0.4 is 5.32 Å². The van der Waals surface area contributed by atoms with E-state index >= 15 is 0 Å². The average Bonchev–Trinajstić information content (AvgIpc) is 3.36. The lowest BCUT2D eigenvalue weighted by Crippen LogP contribution is -2.49. The van der Waals surface area contributed by atoms with Gasteiger partial charge in [-0.25, -0.2) is 4.68 Å². The second kappa shape index (κ2) is 11.6. The summed E-state index contributed by atoms with van der Waals surface area (Å²) in [5, 5.41) is 7.59. The number of ether oxygens (including phenoxy) is 2. The van der Waals surface area contributed by atoms with Gasteiger partial charge in [0.25, 0.3) is 5.91 Å². The van der Waals surface area contributed by atoms with Crippen LogP contribution in [0.15, 0.2) is 42.7 Å². The van der Waals surface area contributed by atoms with Crippen LogP contribution in [0.1, 0.15) is 48.9 Å². The molecule has 1 N–H and O–H groups in total. The van der Waals surface area contributed by atoms with Gasteiger partial charge in [-0.15, -0.1) is 0 Å². The number of benzene rings is 1. The van der Waals surface area contributed by atoms with Crippen molar-refractivity contribution < 1.29 is 14.3 Å². The third kappa shape index (κ3) is 6.18. The fourth-order valence-corrected chi connectivity index (χ4v) is 5.00. The van der Waals surface area contributed by atoms with E-state index in [4.69, 9.17) is 9.47 Å². The topological polar surface area (TPSA) is 68.6 Å². The summed E-state index contributed by atoms with van der Waals surface area (Å²) in [6, 6.07) is 9.78.